The molecule has 0 aliphatic carbocycles. The number of carbonyl (C=O) groups is 3. The van der Waals surface area contributed by atoms with E-state index < -0.39 is 17.8 Å². The Hall–Kier alpha value is -2.47. The van der Waals surface area contributed by atoms with E-state index in [4.69, 9.17) is 0 Å². The van der Waals surface area contributed by atoms with Crippen molar-refractivity contribution in [2.24, 2.45) is 0 Å². The molecule has 0 atom stereocenters. The lowest BCUT2D eigenvalue weighted by atomic mass is 10.1. The second-order valence-corrected chi connectivity index (χ2v) is 5.78. The minimum atomic E-state index is -1.14. The molecule has 0 spiro atoms. The Morgan fingerprint density at radius 2 is 1.81 bits per heavy atom. The predicted octanol–water partition coefficient (Wildman–Crippen LogP) is 2.86. The maximum absolute atomic E-state index is 12.5. The highest BCUT2D eigenvalue weighted by molar-refractivity contribution is 7.12. The summed E-state index contributed by atoms with van der Waals surface area (Å²) in [6, 6.07) is 5.01. The first-order chi connectivity index (χ1) is 9.91. The highest BCUT2D eigenvalue weighted by Crippen LogP contribution is 2.36. The smallest absolute Gasteiger partial charge is 0.348 e. The Kier molecular flexibility index (Phi) is 2.91. The summed E-state index contributed by atoms with van der Waals surface area (Å²) in [5.41, 5.74) is 2.28. The Morgan fingerprint density at radius 3 is 2.48 bits per heavy atom. The Labute approximate surface area is 124 Å². The first-order valence-corrected chi connectivity index (χ1v) is 7.10. The number of carbonyl (C=O) groups excluding carboxylic acids is 2. The molecule has 0 saturated carbocycles. The molecule has 0 bridgehead atoms. The standard InChI is InChI=1S/C15H11NO4S/c1-7-3-4-9-10(5-7)14(18)16(13(9)17)11-8(2)6-21-12(11)15(19)20/h3-6H,1-2H3,(H,19,20). The first-order valence-electron chi connectivity index (χ1n) is 6.22. The summed E-state index contributed by atoms with van der Waals surface area (Å²) in [7, 11) is 0. The van der Waals surface area contributed by atoms with E-state index in [1.54, 1.807) is 30.5 Å². The molecule has 1 aromatic carbocycles. The van der Waals surface area contributed by atoms with Crippen LogP contribution in [0.15, 0.2) is 23.6 Å². The molecule has 2 amide bonds. The maximum Gasteiger partial charge on any atom is 0.348 e. The fraction of sp³-hybridized carbons (Fsp3) is 0.133. The second kappa shape index (κ2) is 4.53. The molecular formula is C15H11NO4S. The van der Waals surface area contributed by atoms with Crippen LogP contribution in [-0.2, 0) is 0 Å². The van der Waals surface area contributed by atoms with Crippen LogP contribution in [0.4, 0.5) is 5.69 Å². The van der Waals surface area contributed by atoms with Crippen molar-refractivity contribution in [3.8, 4) is 0 Å². The van der Waals surface area contributed by atoms with Gasteiger partial charge in [0.2, 0.25) is 0 Å². The van der Waals surface area contributed by atoms with Crippen LogP contribution in [0.1, 0.15) is 41.5 Å². The summed E-state index contributed by atoms with van der Waals surface area (Å²) in [5.74, 6) is -2.09. The van der Waals surface area contributed by atoms with Crippen molar-refractivity contribution in [1.29, 1.82) is 0 Å². The van der Waals surface area contributed by atoms with Gasteiger partial charge in [0.25, 0.3) is 11.8 Å². The van der Waals surface area contributed by atoms with Gasteiger partial charge in [0.05, 0.1) is 16.8 Å². The van der Waals surface area contributed by atoms with Gasteiger partial charge in [-0.2, -0.15) is 0 Å². The molecule has 2 heterocycles. The van der Waals surface area contributed by atoms with Crippen LogP contribution in [0, 0.1) is 13.8 Å². The lowest BCUT2D eigenvalue weighted by molar-refractivity contribution is 0.0703. The number of carboxylic acids is 1. The Balaban J connectivity index is 2.19. The first kappa shape index (κ1) is 13.5. The van der Waals surface area contributed by atoms with Gasteiger partial charge in [0.15, 0.2) is 0 Å². The third-order valence-corrected chi connectivity index (χ3v) is 4.48. The van der Waals surface area contributed by atoms with Crippen LogP contribution in [0.2, 0.25) is 0 Å². The Bertz CT molecular complexity index is 806. The quantitative estimate of drug-likeness (QED) is 0.865. The predicted molar refractivity (Wildman–Crippen MR) is 78.3 cm³/mol. The van der Waals surface area contributed by atoms with Crippen LogP contribution < -0.4 is 4.90 Å². The molecule has 2 aromatic rings. The van der Waals surface area contributed by atoms with Gasteiger partial charge in [0.1, 0.15) is 4.88 Å². The van der Waals surface area contributed by atoms with E-state index in [0.717, 1.165) is 21.8 Å². The van der Waals surface area contributed by atoms with Crippen LogP contribution in [0.5, 0.6) is 0 Å². The number of rotatable bonds is 2. The number of amides is 2. The number of anilines is 1. The monoisotopic (exact) mass is 301 g/mol. The summed E-state index contributed by atoms with van der Waals surface area (Å²) < 4.78 is 0. The molecule has 1 aromatic heterocycles. The van der Waals surface area contributed by atoms with Gasteiger partial charge in [-0.3, -0.25) is 9.59 Å². The zero-order valence-electron chi connectivity index (χ0n) is 11.3. The molecule has 0 unspecified atom stereocenters. The third-order valence-electron chi connectivity index (χ3n) is 3.40. The van der Waals surface area contributed by atoms with Crippen molar-refractivity contribution in [2.45, 2.75) is 13.8 Å². The third kappa shape index (κ3) is 1.87. The van der Waals surface area contributed by atoms with E-state index >= 15 is 0 Å². The summed E-state index contributed by atoms with van der Waals surface area (Å²) in [4.78, 5) is 37.2. The molecular weight excluding hydrogens is 290 g/mol. The number of imide groups is 1. The normalized spacial score (nSPS) is 13.7. The van der Waals surface area contributed by atoms with Crippen LogP contribution in [-0.4, -0.2) is 22.9 Å². The number of fused-ring (bicyclic) bond motifs is 1. The van der Waals surface area contributed by atoms with Crippen molar-refractivity contribution in [3.05, 3.63) is 50.7 Å². The fourth-order valence-electron chi connectivity index (χ4n) is 2.43. The van der Waals surface area contributed by atoms with Gasteiger partial charge in [-0.25, -0.2) is 9.69 Å². The van der Waals surface area contributed by atoms with Crippen molar-refractivity contribution in [3.63, 3.8) is 0 Å². The summed E-state index contributed by atoms with van der Waals surface area (Å²) >= 11 is 1.01. The number of benzene rings is 1. The number of aryl methyl sites for hydroxylation is 2. The topological polar surface area (TPSA) is 74.7 Å². The van der Waals surface area contributed by atoms with Gasteiger partial charge in [-0.1, -0.05) is 11.6 Å². The van der Waals surface area contributed by atoms with Gasteiger partial charge >= 0.3 is 5.97 Å². The van der Waals surface area contributed by atoms with Gasteiger partial charge in [-0.05, 0) is 36.9 Å². The number of hydrogen-bond donors (Lipinski definition) is 1. The lowest BCUT2D eigenvalue weighted by Gasteiger charge is -2.14. The molecule has 3 rings (SSSR count). The average Bonchev–Trinajstić information content (AvgIpc) is 2.90. The molecule has 5 nitrogen and oxygen atoms in total. The molecule has 0 fully saturated rings. The number of carboxylic acid groups (broad SMARTS) is 1. The van der Waals surface area contributed by atoms with E-state index in [2.05, 4.69) is 0 Å². The largest absolute Gasteiger partial charge is 0.477 e. The Morgan fingerprint density at radius 1 is 1.14 bits per heavy atom. The second-order valence-electron chi connectivity index (χ2n) is 4.90. The average molecular weight is 301 g/mol. The highest BCUT2D eigenvalue weighted by Gasteiger charge is 2.39. The van der Waals surface area contributed by atoms with E-state index in [1.807, 2.05) is 6.92 Å². The van der Waals surface area contributed by atoms with Crippen molar-refractivity contribution < 1.29 is 19.5 Å². The number of thiophene rings is 1. The zero-order chi connectivity index (χ0) is 15.3. The molecule has 1 aliphatic rings. The van der Waals surface area contributed by atoms with Gasteiger partial charge < -0.3 is 5.11 Å². The number of aromatic carboxylic acids is 1. The van der Waals surface area contributed by atoms with E-state index in [0.29, 0.717) is 16.7 Å². The van der Waals surface area contributed by atoms with E-state index in [1.165, 1.54) is 0 Å². The maximum atomic E-state index is 12.5. The molecule has 0 saturated heterocycles. The zero-order valence-corrected chi connectivity index (χ0v) is 12.2. The fourth-order valence-corrected chi connectivity index (χ4v) is 3.30. The molecule has 0 radical (unpaired) electrons. The van der Waals surface area contributed by atoms with Crippen LogP contribution in [0.25, 0.3) is 0 Å². The highest BCUT2D eigenvalue weighted by atomic mass is 32.1. The van der Waals surface area contributed by atoms with Crippen molar-refractivity contribution in [2.75, 3.05) is 4.90 Å². The van der Waals surface area contributed by atoms with Crippen molar-refractivity contribution >= 4 is 34.8 Å². The SMILES string of the molecule is Cc1ccc2c(c1)C(=O)N(c1c(C)csc1C(=O)O)C2=O. The van der Waals surface area contributed by atoms with Gasteiger partial charge in [0, 0.05) is 0 Å². The molecule has 6 heteroatoms. The van der Waals surface area contributed by atoms with Gasteiger partial charge in [-0.15, -0.1) is 11.3 Å². The minimum Gasteiger partial charge on any atom is -0.477 e. The van der Waals surface area contributed by atoms with E-state index in [9.17, 15) is 19.5 Å². The molecule has 1 aliphatic heterocycles. The summed E-state index contributed by atoms with van der Waals surface area (Å²) in [5, 5.41) is 10.9. The van der Waals surface area contributed by atoms with E-state index in [-0.39, 0.29) is 10.6 Å². The molecule has 1 N–H and O–H groups in total. The van der Waals surface area contributed by atoms with Crippen LogP contribution in [0.3, 0.4) is 0 Å². The minimum absolute atomic E-state index is 0.00118. The molecule has 106 valence electrons. The summed E-state index contributed by atoms with van der Waals surface area (Å²) in [6.07, 6.45) is 0. The lowest BCUT2D eigenvalue weighted by Crippen LogP contribution is -2.30. The number of hydrogen-bond acceptors (Lipinski definition) is 4. The molecule has 21 heavy (non-hydrogen) atoms. The van der Waals surface area contributed by atoms with Crippen molar-refractivity contribution in [1.82, 2.24) is 0 Å². The summed E-state index contributed by atoms with van der Waals surface area (Å²) in [6.45, 7) is 3.52. The van der Waals surface area contributed by atoms with Crippen LogP contribution >= 0.6 is 11.3 Å². The number of nitrogens with zero attached hydrogens (tertiary/aromatic N) is 1.